The first-order valence-corrected chi connectivity index (χ1v) is 8.92. The van der Waals surface area contributed by atoms with Gasteiger partial charge < -0.3 is 4.57 Å². The first-order chi connectivity index (χ1) is 11.8. The number of nitrogens with zero attached hydrogens (tertiary/aromatic N) is 1. The second-order valence-electron chi connectivity index (χ2n) is 6.68. The van der Waals surface area contributed by atoms with Crippen molar-refractivity contribution in [2.45, 2.75) is 32.1 Å². The summed E-state index contributed by atoms with van der Waals surface area (Å²) in [6, 6.07) is 21.6. The van der Waals surface area contributed by atoms with Crippen LogP contribution in [0.5, 0.6) is 0 Å². The van der Waals surface area contributed by atoms with Gasteiger partial charge in [-0.15, -0.1) is 5.73 Å². The molecule has 0 unspecified atom stereocenters. The highest BCUT2D eigenvalue weighted by atomic mass is 14.9. The normalized spacial score (nSPS) is 14.6. The van der Waals surface area contributed by atoms with E-state index in [1.54, 1.807) is 0 Å². The van der Waals surface area contributed by atoms with Gasteiger partial charge in [0.2, 0.25) is 0 Å². The number of allylic oxidation sites excluding steroid dienone is 1. The lowest BCUT2D eigenvalue weighted by Crippen LogP contribution is -1.98. The zero-order valence-corrected chi connectivity index (χ0v) is 14.3. The van der Waals surface area contributed by atoms with Crippen LogP contribution < -0.4 is 0 Å². The van der Waals surface area contributed by atoms with Gasteiger partial charge in [0.05, 0.1) is 5.69 Å². The number of aryl methyl sites for hydroxylation is 1. The highest BCUT2D eigenvalue weighted by molar-refractivity contribution is 5.89. The monoisotopic (exact) mass is 313 g/mol. The Hall–Kier alpha value is -2.50. The van der Waals surface area contributed by atoms with Crippen LogP contribution in [0.3, 0.4) is 0 Å². The molecule has 24 heavy (non-hydrogen) atoms. The summed E-state index contributed by atoms with van der Waals surface area (Å²) in [4.78, 5) is 0. The summed E-state index contributed by atoms with van der Waals surface area (Å²) in [5, 5.41) is 1.29. The van der Waals surface area contributed by atoms with Gasteiger partial charge in [0.25, 0.3) is 0 Å². The van der Waals surface area contributed by atoms with E-state index in [0.717, 1.165) is 0 Å². The molecule has 0 spiro atoms. The van der Waals surface area contributed by atoms with E-state index in [1.807, 2.05) is 0 Å². The lowest BCUT2D eigenvalue weighted by molar-refractivity contribution is 0.600. The van der Waals surface area contributed by atoms with Crippen molar-refractivity contribution < 1.29 is 0 Å². The predicted molar refractivity (Wildman–Crippen MR) is 102 cm³/mol. The molecule has 0 radical (unpaired) electrons. The minimum atomic E-state index is 1.19. The van der Waals surface area contributed by atoms with Crippen LogP contribution in [0.15, 0.2) is 72.0 Å². The zero-order chi connectivity index (χ0) is 16.4. The standard InChI is InChI=1S/C23H23N/c1-24-22-15-9-8-14-20(22)17-23(24)21(19-12-6-3-7-13-19)16-18-10-4-2-5-11-18/h3,6-9,12-15,17H,2,4-5,10-11H2,1H3. The van der Waals surface area contributed by atoms with Crippen molar-refractivity contribution in [2.75, 3.05) is 0 Å². The van der Waals surface area contributed by atoms with E-state index in [4.69, 9.17) is 0 Å². The summed E-state index contributed by atoms with van der Waals surface area (Å²) in [5.74, 6) is 0. The lowest BCUT2D eigenvalue weighted by atomic mass is 9.93. The Morgan fingerprint density at radius 1 is 0.875 bits per heavy atom. The summed E-state index contributed by atoms with van der Waals surface area (Å²) >= 11 is 0. The van der Waals surface area contributed by atoms with Crippen LogP contribution in [-0.2, 0) is 7.05 Å². The maximum absolute atomic E-state index is 3.80. The minimum absolute atomic E-state index is 1.19. The first kappa shape index (κ1) is 15.1. The highest BCUT2D eigenvalue weighted by Gasteiger charge is 2.13. The predicted octanol–water partition coefficient (Wildman–Crippen LogP) is 6.10. The van der Waals surface area contributed by atoms with Crippen LogP contribution in [0.2, 0.25) is 0 Å². The van der Waals surface area contributed by atoms with E-state index in [1.165, 1.54) is 65.4 Å². The molecular formula is C23H23N. The van der Waals surface area contributed by atoms with E-state index in [2.05, 4.69) is 78.0 Å². The van der Waals surface area contributed by atoms with Gasteiger partial charge in [-0.3, -0.25) is 0 Å². The van der Waals surface area contributed by atoms with Gasteiger partial charge in [0.1, 0.15) is 0 Å². The minimum Gasteiger partial charge on any atom is -0.343 e. The molecule has 1 heteroatoms. The van der Waals surface area contributed by atoms with Crippen molar-refractivity contribution in [2.24, 2.45) is 7.05 Å². The Morgan fingerprint density at radius 3 is 2.33 bits per heavy atom. The molecule has 0 N–H and O–H groups in total. The number of rotatable bonds is 2. The average molecular weight is 313 g/mol. The van der Waals surface area contributed by atoms with E-state index in [0.29, 0.717) is 0 Å². The van der Waals surface area contributed by atoms with E-state index >= 15 is 0 Å². The van der Waals surface area contributed by atoms with Crippen LogP contribution in [0.4, 0.5) is 0 Å². The van der Waals surface area contributed by atoms with Crippen molar-refractivity contribution >= 4 is 16.5 Å². The van der Waals surface area contributed by atoms with Gasteiger partial charge in [-0.05, 0) is 49.0 Å². The van der Waals surface area contributed by atoms with Crippen molar-refractivity contribution in [3.05, 3.63) is 83.2 Å². The third-order valence-electron chi connectivity index (χ3n) is 5.03. The second-order valence-corrected chi connectivity index (χ2v) is 6.68. The molecule has 1 nitrogen and oxygen atoms in total. The molecule has 0 saturated heterocycles. The molecule has 3 aromatic rings. The average Bonchev–Trinajstić information content (AvgIpc) is 2.98. The highest BCUT2D eigenvalue weighted by Crippen LogP contribution is 2.30. The Balaban J connectivity index is 1.95. The van der Waals surface area contributed by atoms with Gasteiger partial charge in [-0.25, -0.2) is 0 Å². The van der Waals surface area contributed by atoms with Crippen LogP contribution in [0.25, 0.3) is 16.5 Å². The second kappa shape index (κ2) is 6.55. The SMILES string of the molecule is Cn1c(C(=C=C2CCCCC2)c2ccccc2)cc2ccccc21. The lowest BCUT2D eigenvalue weighted by Gasteiger charge is -2.13. The number of fused-ring (bicyclic) bond motifs is 1. The fourth-order valence-electron chi connectivity index (χ4n) is 3.70. The third-order valence-corrected chi connectivity index (χ3v) is 5.03. The fourth-order valence-corrected chi connectivity index (χ4v) is 3.70. The molecule has 1 aliphatic rings. The molecule has 0 amide bonds. The molecule has 1 aromatic heterocycles. The zero-order valence-electron chi connectivity index (χ0n) is 14.3. The number of para-hydroxylation sites is 1. The molecule has 120 valence electrons. The third kappa shape index (κ3) is 2.84. The Bertz CT molecular complexity index is 913. The molecule has 0 aliphatic heterocycles. The summed E-state index contributed by atoms with van der Waals surface area (Å²) in [7, 11) is 2.16. The number of benzene rings is 2. The van der Waals surface area contributed by atoms with Gasteiger partial charge in [0.15, 0.2) is 0 Å². The smallest absolute Gasteiger partial charge is 0.0573 e. The van der Waals surface area contributed by atoms with E-state index < -0.39 is 0 Å². The Labute approximate surface area is 143 Å². The molecule has 1 aliphatic carbocycles. The van der Waals surface area contributed by atoms with Gasteiger partial charge in [-0.2, -0.15) is 0 Å². The van der Waals surface area contributed by atoms with Crippen molar-refractivity contribution in [3.63, 3.8) is 0 Å². The maximum Gasteiger partial charge on any atom is 0.0573 e. The molecular weight excluding hydrogens is 290 g/mol. The van der Waals surface area contributed by atoms with Gasteiger partial charge in [0, 0.05) is 23.5 Å². The Morgan fingerprint density at radius 2 is 1.58 bits per heavy atom. The van der Waals surface area contributed by atoms with Crippen molar-refractivity contribution in [1.82, 2.24) is 4.57 Å². The fraction of sp³-hybridized carbons (Fsp3) is 0.261. The molecule has 1 saturated carbocycles. The van der Waals surface area contributed by atoms with Crippen LogP contribution in [0, 0.1) is 0 Å². The Kier molecular flexibility index (Phi) is 4.11. The quantitative estimate of drug-likeness (QED) is 0.504. The van der Waals surface area contributed by atoms with Gasteiger partial charge >= 0.3 is 0 Å². The summed E-state index contributed by atoms with van der Waals surface area (Å²) in [6.07, 6.45) is 6.36. The molecule has 2 aromatic carbocycles. The molecule has 0 bridgehead atoms. The van der Waals surface area contributed by atoms with E-state index in [-0.39, 0.29) is 0 Å². The number of aromatic nitrogens is 1. The summed E-state index contributed by atoms with van der Waals surface area (Å²) in [5.41, 5.74) is 10.3. The van der Waals surface area contributed by atoms with Gasteiger partial charge in [-0.1, -0.05) is 55.0 Å². The molecule has 0 atom stereocenters. The van der Waals surface area contributed by atoms with Crippen LogP contribution in [-0.4, -0.2) is 4.57 Å². The molecule has 1 fully saturated rings. The van der Waals surface area contributed by atoms with Crippen molar-refractivity contribution in [1.29, 1.82) is 0 Å². The molecule has 1 heterocycles. The largest absolute Gasteiger partial charge is 0.343 e. The van der Waals surface area contributed by atoms with Crippen LogP contribution in [0.1, 0.15) is 43.4 Å². The number of hydrogen-bond donors (Lipinski definition) is 0. The number of hydrogen-bond acceptors (Lipinski definition) is 0. The summed E-state index contributed by atoms with van der Waals surface area (Å²) in [6.45, 7) is 0. The first-order valence-electron chi connectivity index (χ1n) is 8.92. The molecule has 4 rings (SSSR count). The summed E-state index contributed by atoms with van der Waals surface area (Å²) < 4.78 is 2.30. The topological polar surface area (TPSA) is 4.93 Å². The van der Waals surface area contributed by atoms with E-state index in [9.17, 15) is 0 Å². The van der Waals surface area contributed by atoms with Crippen LogP contribution >= 0.6 is 0 Å². The van der Waals surface area contributed by atoms with Crippen molar-refractivity contribution in [3.8, 4) is 0 Å². The maximum atomic E-state index is 3.80.